The largest absolute Gasteiger partial charge is 0.309 e. The van der Waals surface area contributed by atoms with E-state index in [4.69, 9.17) is 0 Å². The van der Waals surface area contributed by atoms with Gasteiger partial charge in [-0.25, -0.2) is 8.42 Å². The maximum absolute atomic E-state index is 11.0. The van der Waals surface area contributed by atoms with Crippen molar-refractivity contribution >= 4 is 9.84 Å². The van der Waals surface area contributed by atoms with Crippen molar-refractivity contribution in [3.05, 3.63) is 12.7 Å². The summed E-state index contributed by atoms with van der Waals surface area (Å²) in [7, 11) is -2.86. The van der Waals surface area contributed by atoms with Crippen molar-refractivity contribution in [2.24, 2.45) is 0 Å². The molecule has 3 nitrogen and oxygen atoms in total. The summed E-state index contributed by atoms with van der Waals surface area (Å²) in [5.74, 6) is 0. The van der Waals surface area contributed by atoms with Crippen molar-refractivity contribution in [1.82, 2.24) is 5.32 Å². The number of nitrogens with one attached hydrogen (secondary N) is 1. The van der Waals surface area contributed by atoms with E-state index < -0.39 is 9.84 Å². The number of sulfone groups is 1. The van der Waals surface area contributed by atoms with Gasteiger partial charge in [0.2, 0.25) is 0 Å². The summed E-state index contributed by atoms with van der Waals surface area (Å²) in [6, 6.07) is 0.176. The van der Waals surface area contributed by atoms with E-state index in [1.54, 1.807) is 6.08 Å². The zero-order valence-corrected chi connectivity index (χ0v) is 7.39. The van der Waals surface area contributed by atoms with E-state index in [2.05, 4.69) is 11.9 Å². The molecule has 64 valence electrons. The van der Waals surface area contributed by atoms with Gasteiger partial charge in [0.15, 0.2) is 9.84 Å². The molecule has 0 bridgehead atoms. The Kier molecular flexibility index (Phi) is 2.34. The minimum atomic E-state index is -2.86. The highest BCUT2D eigenvalue weighted by Gasteiger charge is 2.29. The fourth-order valence-corrected chi connectivity index (χ4v) is 2.19. The molecule has 1 N–H and O–H groups in total. The van der Waals surface area contributed by atoms with Crippen LogP contribution in [0, 0.1) is 0 Å². The molecule has 1 fully saturated rings. The molecular weight excluding hydrogens is 162 g/mol. The van der Waals surface area contributed by atoms with Crippen LogP contribution >= 0.6 is 0 Å². The Morgan fingerprint density at radius 2 is 2.27 bits per heavy atom. The Morgan fingerprint density at radius 1 is 1.64 bits per heavy atom. The Hall–Kier alpha value is -0.350. The van der Waals surface area contributed by atoms with Crippen molar-refractivity contribution in [1.29, 1.82) is 0 Å². The fourth-order valence-electron chi connectivity index (χ4n) is 1.24. The van der Waals surface area contributed by atoms with Gasteiger partial charge in [-0.15, -0.1) is 6.58 Å². The SMILES string of the molecule is C=CC1CC(S(C)(=O)=O)CN1. The summed E-state index contributed by atoms with van der Waals surface area (Å²) in [5.41, 5.74) is 0. The summed E-state index contributed by atoms with van der Waals surface area (Å²) in [4.78, 5) is 0. The fraction of sp³-hybridized carbons (Fsp3) is 0.714. The Morgan fingerprint density at radius 3 is 2.55 bits per heavy atom. The van der Waals surface area contributed by atoms with E-state index >= 15 is 0 Å². The summed E-state index contributed by atoms with van der Waals surface area (Å²) in [6.45, 7) is 4.17. The lowest BCUT2D eigenvalue weighted by molar-refractivity contribution is 0.588. The van der Waals surface area contributed by atoms with Gasteiger partial charge in [0.25, 0.3) is 0 Å². The lowest BCUT2D eigenvalue weighted by atomic mass is 10.2. The van der Waals surface area contributed by atoms with Crippen LogP contribution in [0.3, 0.4) is 0 Å². The quantitative estimate of drug-likeness (QED) is 0.598. The van der Waals surface area contributed by atoms with Crippen LogP contribution in [-0.2, 0) is 9.84 Å². The Labute approximate surface area is 67.4 Å². The standard InChI is InChI=1S/C7H13NO2S/c1-3-6-4-7(5-8-6)11(2,9)10/h3,6-8H,1,4-5H2,2H3. The van der Waals surface area contributed by atoms with Crippen LogP contribution in [0.2, 0.25) is 0 Å². The second-order valence-electron chi connectivity index (χ2n) is 2.94. The molecule has 0 amide bonds. The van der Waals surface area contributed by atoms with Crippen LogP contribution in [0.25, 0.3) is 0 Å². The number of hydrogen-bond acceptors (Lipinski definition) is 3. The summed E-state index contributed by atoms with van der Waals surface area (Å²) in [6.07, 6.45) is 3.71. The zero-order valence-electron chi connectivity index (χ0n) is 6.58. The summed E-state index contributed by atoms with van der Waals surface area (Å²) >= 11 is 0. The molecule has 11 heavy (non-hydrogen) atoms. The number of rotatable bonds is 2. The first-order chi connectivity index (χ1) is 5.04. The van der Waals surface area contributed by atoms with Gasteiger partial charge in [0, 0.05) is 18.8 Å². The van der Waals surface area contributed by atoms with Crippen LogP contribution in [-0.4, -0.2) is 32.5 Å². The van der Waals surface area contributed by atoms with Crippen molar-refractivity contribution in [2.75, 3.05) is 12.8 Å². The van der Waals surface area contributed by atoms with Gasteiger partial charge in [0.1, 0.15) is 0 Å². The van der Waals surface area contributed by atoms with Gasteiger partial charge in [-0.2, -0.15) is 0 Å². The summed E-state index contributed by atoms with van der Waals surface area (Å²) in [5, 5.41) is 2.85. The van der Waals surface area contributed by atoms with E-state index in [1.807, 2.05) is 0 Å². The third-order valence-electron chi connectivity index (χ3n) is 2.01. The lowest BCUT2D eigenvalue weighted by Gasteiger charge is -2.03. The predicted octanol–water partition coefficient (Wildman–Crippen LogP) is -0.0525. The topological polar surface area (TPSA) is 46.2 Å². The molecule has 0 saturated carbocycles. The normalized spacial score (nSPS) is 32.1. The molecular formula is C7H13NO2S. The number of hydrogen-bond donors (Lipinski definition) is 1. The van der Waals surface area contributed by atoms with Crippen molar-refractivity contribution in [3.8, 4) is 0 Å². The van der Waals surface area contributed by atoms with Gasteiger partial charge in [-0.05, 0) is 6.42 Å². The van der Waals surface area contributed by atoms with Crippen LogP contribution in [0.4, 0.5) is 0 Å². The molecule has 1 aliphatic heterocycles. The van der Waals surface area contributed by atoms with Gasteiger partial charge < -0.3 is 5.32 Å². The average Bonchev–Trinajstić information content (AvgIpc) is 2.32. The molecule has 1 heterocycles. The van der Waals surface area contributed by atoms with Crippen LogP contribution in [0.5, 0.6) is 0 Å². The second kappa shape index (κ2) is 2.95. The molecule has 0 aromatic heterocycles. The third-order valence-corrected chi connectivity index (χ3v) is 3.58. The average molecular weight is 175 g/mol. The molecule has 0 aromatic rings. The molecule has 4 heteroatoms. The molecule has 2 unspecified atom stereocenters. The first kappa shape index (κ1) is 8.74. The van der Waals surface area contributed by atoms with Gasteiger partial charge in [0.05, 0.1) is 5.25 Å². The first-order valence-electron chi connectivity index (χ1n) is 3.59. The molecule has 2 atom stereocenters. The van der Waals surface area contributed by atoms with Crippen LogP contribution in [0.1, 0.15) is 6.42 Å². The predicted molar refractivity (Wildman–Crippen MR) is 45.2 cm³/mol. The van der Waals surface area contributed by atoms with Gasteiger partial charge in [-0.1, -0.05) is 6.08 Å². The maximum Gasteiger partial charge on any atom is 0.151 e. The lowest BCUT2D eigenvalue weighted by Crippen LogP contribution is -2.22. The highest BCUT2D eigenvalue weighted by Crippen LogP contribution is 2.14. The Bertz CT molecular complexity index is 245. The second-order valence-corrected chi connectivity index (χ2v) is 5.26. The van der Waals surface area contributed by atoms with E-state index in [0.29, 0.717) is 13.0 Å². The van der Waals surface area contributed by atoms with Crippen molar-refractivity contribution in [2.45, 2.75) is 17.7 Å². The van der Waals surface area contributed by atoms with Crippen molar-refractivity contribution < 1.29 is 8.42 Å². The third kappa shape index (κ3) is 2.04. The molecule has 0 aromatic carbocycles. The molecule has 0 radical (unpaired) electrons. The first-order valence-corrected chi connectivity index (χ1v) is 5.54. The maximum atomic E-state index is 11.0. The highest BCUT2D eigenvalue weighted by atomic mass is 32.2. The smallest absolute Gasteiger partial charge is 0.151 e. The van der Waals surface area contributed by atoms with E-state index in [9.17, 15) is 8.42 Å². The zero-order chi connectivity index (χ0) is 8.48. The molecule has 1 aliphatic rings. The van der Waals surface area contributed by atoms with Crippen molar-refractivity contribution in [3.63, 3.8) is 0 Å². The minimum absolute atomic E-state index is 0.176. The summed E-state index contributed by atoms with van der Waals surface area (Å²) < 4.78 is 22.0. The Balaban J connectivity index is 2.62. The van der Waals surface area contributed by atoms with Gasteiger partial charge in [-0.3, -0.25) is 0 Å². The monoisotopic (exact) mass is 175 g/mol. The highest BCUT2D eigenvalue weighted by molar-refractivity contribution is 7.91. The van der Waals surface area contributed by atoms with Gasteiger partial charge >= 0.3 is 0 Å². The molecule has 0 spiro atoms. The van der Waals surface area contributed by atoms with Crippen LogP contribution in [0.15, 0.2) is 12.7 Å². The minimum Gasteiger partial charge on any atom is -0.309 e. The van der Waals surface area contributed by atoms with E-state index in [1.165, 1.54) is 6.26 Å². The van der Waals surface area contributed by atoms with E-state index in [-0.39, 0.29) is 11.3 Å². The van der Waals surface area contributed by atoms with Crippen LogP contribution < -0.4 is 5.32 Å². The molecule has 1 saturated heterocycles. The molecule has 1 rings (SSSR count). The van der Waals surface area contributed by atoms with E-state index in [0.717, 1.165) is 0 Å². The molecule has 0 aliphatic carbocycles.